The summed E-state index contributed by atoms with van der Waals surface area (Å²) in [6, 6.07) is 0. The van der Waals surface area contributed by atoms with E-state index in [0.717, 1.165) is 17.8 Å². The van der Waals surface area contributed by atoms with E-state index in [1.54, 1.807) is 0 Å². The summed E-state index contributed by atoms with van der Waals surface area (Å²) in [5, 5.41) is 0. The zero-order chi connectivity index (χ0) is 12.5. The first-order chi connectivity index (χ1) is 8.70. The molecule has 0 N–H and O–H groups in total. The van der Waals surface area contributed by atoms with Gasteiger partial charge in [-0.2, -0.15) is 0 Å². The number of piperidine rings is 2. The summed E-state index contributed by atoms with van der Waals surface area (Å²) in [5.74, 6) is 2.94. The summed E-state index contributed by atoms with van der Waals surface area (Å²) in [7, 11) is 4.55. The highest BCUT2D eigenvalue weighted by Crippen LogP contribution is 2.31. The Hall–Kier alpha value is -0.120. The molecule has 0 aliphatic carbocycles. The zero-order valence-corrected chi connectivity index (χ0v) is 12.1. The Morgan fingerprint density at radius 1 is 0.778 bits per heavy atom. The first-order valence-electron chi connectivity index (χ1n) is 7.80. The second-order valence-electron chi connectivity index (χ2n) is 7.04. The van der Waals surface area contributed by atoms with E-state index >= 15 is 0 Å². The summed E-state index contributed by atoms with van der Waals surface area (Å²) in [6.07, 6.45) is 4.28. The van der Waals surface area contributed by atoms with Gasteiger partial charge in [0.1, 0.15) is 0 Å². The van der Waals surface area contributed by atoms with E-state index < -0.39 is 0 Å². The van der Waals surface area contributed by atoms with Crippen LogP contribution in [0.4, 0.5) is 0 Å². The fourth-order valence-electron chi connectivity index (χ4n) is 4.25. The lowest BCUT2D eigenvalue weighted by atomic mass is 9.87. The Kier molecular flexibility index (Phi) is 3.92. The molecular formula is C15H29N3. The largest absolute Gasteiger partial charge is 0.306 e. The van der Waals surface area contributed by atoms with E-state index in [-0.39, 0.29) is 0 Å². The minimum Gasteiger partial charge on any atom is -0.306 e. The number of hydrogen-bond acceptors (Lipinski definition) is 3. The molecule has 18 heavy (non-hydrogen) atoms. The van der Waals surface area contributed by atoms with Crippen LogP contribution < -0.4 is 0 Å². The van der Waals surface area contributed by atoms with Crippen LogP contribution in [0.15, 0.2) is 0 Å². The van der Waals surface area contributed by atoms with Crippen molar-refractivity contribution in [3.05, 3.63) is 0 Å². The van der Waals surface area contributed by atoms with Crippen molar-refractivity contribution in [3.63, 3.8) is 0 Å². The van der Waals surface area contributed by atoms with Crippen LogP contribution in [0.2, 0.25) is 0 Å². The lowest BCUT2D eigenvalue weighted by Gasteiger charge is -2.38. The summed E-state index contributed by atoms with van der Waals surface area (Å²) >= 11 is 0. The molecule has 3 heterocycles. The Bertz CT molecular complexity index is 273. The molecule has 0 radical (unpaired) electrons. The van der Waals surface area contributed by atoms with Crippen LogP contribution in [-0.2, 0) is 0 Å². The molecule has 2 atom stereocenters. The number of hydrogen-bond donors (Lipinski definition) is 0. The maximum Gasteiger partial charge on any atom is 0.00251 e. The van der Waals surface area contributed by atoms with E-state index in [1.807, 2.05) is 0 Å². The molecule has 3 rings (SSSR count). The molecule has 104 valence electrons. The first kappa shape index (κ1) is 12.9. The molecule has 0 spiro atoms. The highest BCUT2D eigenvalue weighted by atomic mass is 15.2. The summed E-state index contributed by atoms with van der Waals surface area (Å²) in [6.45, 7) is 9.44. The fourth-order valence-corrected chi connectivity index (χ4v) is 4.25. The Balaban J connectivity index is 1.47. The number of rotatable bonds is 2. The maximum absolute atomic E-state index is 2.77. The van der Waals surface area contributed by atoms with E-state index in [0.29, 0.717) is 0 Å². The molecular weight excluding hydrogens is 222 g/mol. The van der Waals surface area contributed by atoms with E-state index in [1.165, 1.54) is 65.1 Å². The van der Waals surface area contributed by atoms with Gasteiger partial charge in [0.05, 0.1) is 0 Å². The highest BCUT2D eigenvalue weighted by molar-refractivity contribution is 4.89. The third-order valence-corrected chi connectivity index (χ3v) is 5.42. The maximum atomic E-state index is 2.77. The Morgan fingerprint density at radius 3 is 2.28 bits per heavy atom. The van der Waals surface area contributed by atoms with Gasteiger partial charge in [-0.25, -0.2) is 0 Å². The molecule has 3 fully saturated rings. The number of nitrogens with zero attached hydrogens (tertiary/aromatic N) is 3. The quantitative estimate of drug-likeness (QED) is 0.730. The second kappa shape index (κ2) is 5.48. The molecule has 3 nitrogen and oxygen atoms in total. The van der Waals surface area contributed by atoms with Crippen LogP contribution in [-0.4, -0.2) is 74.6 Å². The predicted molar refractivity (Wildman–Crippen MR) is 75.8 cm³/mol. The molecule has 3 aliphatic rings. The average molecular weight is 251 g/mol. The number of likely N-dealkylation sites (tertiary alicyclic amines) is 3. The average Bonchev–Trinajstić information content (AvgIpc) is 2.71. The van der Waals surface area contributed by atoms with Gasteiger partial charge >= 0.3 is 0 Å². The summed E-state index contributed by atoms with van der Waals surface area (Å²) in [5.41, 5.74) is 0. The molecule has 0 saturated carbocycles. The molecule has 0 aromatic rings. The summed E-state index contributed by atoms with van der Waals surface area (Å²) < 4.78 is 0. The monoisotopic (exact) mass is 251 g/mol. The molecule has 0 unspecified atom stereocenters. The third-order valence-electron chi connectivity index (χ3n) is 5.42. The lowest BCUT2D eigenvalue weighted by Crippen LogP contribution is -2.44. The fraction of sp³-hybridized carbons (Fsp3) is 1.00. The van der Waals surface area contributed by atoms with E-state index in [9.17, 15) is 0 Å². The third kappa shape index (κ3) is 2.89. The van der Waals surface area contributed by atoms with Gasteiger partial charge in [-0.3, -0.25) is 0 Å². The van der Waals surface area contributed by atoms with Gasteiger partial charge in [0, 0.05) is 26.2 Å². The van der Waals surface area contributed by atoms with Crippen LogP contribution in [0.3, 0.4) is 0 Å². The second-order valence-corrected chi connectivity index (χ2v) is 7.04. The number of fused-ring (bicyclic) bond motifs is 1. The van der Waals surface area contributed by atoms with Gasteiger partial charge in [0.15, 0.2) is 0 Å². The van der Waals surface area contributed by atoms with Crippen molar-refractivity contribution in [2.45, 2.75) is 19.3 Å². The molecule has 0 amide bonds. The standard InChI is InChI=1S/C15H29N3/c1-16-6-3-13(4-7-16)9-18-8-5-14-10-17(2)11-15(14)12-18/h13-15H,3-12H2,1-2H3/t14-,15-/m1/s1. The molecule has 3 aliphatic heterocycles. The lowest BCUT2D eigenvalue weighted by molar-refractivity contribution is 0.106. The van der Waals surface area contributed by atoms with Crippen LogP contribution in [0.5, 0.6) is 0 Å². The first-order valence-corrected chi connectivity index (χ1v) is 7.80. The molecule has 0 aromatic carbocycles. The van der Waals surface area contributed by atoms with Gasteiger partial charge in [0.25, 0.3) is 0 Å². The van der Waals surface area contributed by atoms with Crippen molar-refractivity contribution in [2.24, 2.45) is 17.8 Å². The predicted octanol–water partition coefficient (Wildman–Crippen LogP) is 1.21. The van der Waals surface area contributed by atoms with Crippen molar-refractivity contribution < 1.29 is 0 Å². The minimum absolute atomic E-state index is 0.968. The van der Waals surface area contributed by atoms with E-state index in [2.05, 4.69) is 28.8 Å². The van der Waals surface area contributed by atoms with E-state index in [4.69, 9.17) is 0 Å². The molecule has 0 aromatic heterocycles. The van der Waals surface area contributed by atoms with Crippen molar-refractivity contribution in [3.8, 4) is 0 Å². The van der Waals surface area contributed by atoms with Gasteiger partial charge in [-0.15, -0.1) is 0 Å². The zero-order valence-electron chi connectivity index (χ0n) is 12.1. The van der Waals surface area contributed by atoms with Gasteiger partial charge in [-0.1, -0.05) is 0 Å². The topological polar surface area (TPSA) is 9.72 Å². The molecule has 0 bridgehead atoms. The van der Waals surface area contributed by atoms with Crippen LogP contribution in [0, 0.1) is 17.8 Å². The Morgan fingerprint density at radius 2 is 1.50 bits per heavy atom. The summed E-state index contributed by atoms with van der Waals surface area (Å²) in [4.78, 5) is 7.79. The van der Waals surface area contributed by atoms with Gasteiger partial charge in [0.2, 0.25) is 0 Å². The smallest absolute Gasteiger partial charge is 0.00251 e. The van der Waals surface area contributed by atoms with Gasteiger partial charge in [-0.05, 0) is 70.7 Å². The van der Waals surface area contributed by atoms with Crippen molar-refractivity contribution in [2.75, 3.05) is 59.9 Å². The highest BCUT2D eigenvalue weighted by Gasteiger charge is 2.35. The van der Waals surface area contributed by atoms with Crippen LogP contribution >= 0.6 is 0 Å². The van der Waals surface area contributed by atoms with Crippen molar-refractivity contribution in [1.29, 1.82) is 0 Å². The van der Waals surface area contributed by atoms with Crippen LogP contribution in [0.25, 0.3) is 0 Å². The van der Waals surface area contributed by atoms with Crippen LogP contribution in [0.1, 0.15) is 19.3 Å². The van der Waals surface area contributed by atoms with Gasteiger partial charge < -0.3 is 14.7 Å². The van der Waals surface area contributed by atoms with Crippen molar-refractivity contribution in [1.82, 2.24) is 14.7 Å². The molecule has 3 heteroatoms. The normalized spacial score (nSPS) is 37.0. The Labute approximate surface area is 112 Å². The molecule has 3 saturated heterocycles. The minimum atomic E-state index is 0.968. The van der Waals surface area contributed by atoms with Crippen molar-refractivity contribution >= 4 is 0 Å². The SMILES string of the molecule is CN1CCC(CN2CC[C@@H]3CN(C)C[C@@H]3C2)CC1.